The predicted octanol–water partition coefficient (Wildman–Crippen LogP) is 4.51. The van der Waals surface area contributed by atoms with Gasteiger partial charge in [-0.15, -0.1) is 0 Å². The Hall–Kier alpha value is -2.73. The van der Waals surface area contributed by atoms with Crippen LogP contribution in [0, 0.1) is 17.8 Å². The third-order valence-corrected chi connectivity index (χ3v) is 6.49. The third-order valence-electron chi connectivity index (χ3n) is 6.49. The first-order valence-electron chi connectivity index (χ1n) is 11.1. The lowest BCUT2D eigenvalue weighted by Crippen LogP contribution is -2.52. The second-order valence-electron chi connectivity index (χ2n) is 8.63. The fourth-order valence-corrected chi connectivity index (χ4v) is 5.14. The summed E-state index contributed by atoms with van der Waals surface area (Å²) in [5.74, 6) is 1.54. The second kappa shape index (κ2) is 8.79. The van der Waals surface area contributed by atoms with Gasteiger partial charge in [0.2, 0.25) is 0 Å². The number of aromatic hydroxyl groups is 2. The number of benzene rings is 2. The molecule has 0 aromatic heterocycles. The zero-order valence-electron chi connectivity index (χ0n) is 18.3. The predicted molar refractivity (Wildman–Crippen MR) is 118 cm³/mol. The van der Waals surface area contributed by atoms with E-state index in [0.29, 0.717) is 30.6 Å². The summed E-state index contributed by atoms with van der Waals surface area (Å²) in [6, 6.07) is 10.3. The van der Waals surface area contributed by atoms with E-state index in [-0.39, 0.29) is 41.2 Å². The van der Waals surface area contributed by atoms with Crippen LogP contribution in [0.15, 0.2) is 36.4 Å². The van der Waals surface area contributed by atoms with E-state index in [1.165, 1.54) is 0 Å². The number of hydrogen-bond donors (Lipinski definition) is 3. The molecule has 2 aromatic carbocycles. The molecule has 1 heterocycles. The normalized spacial score (nSPS) is 27.7. The second-order valence-corrected chi connectivity index (χ2v) is 8.63. The van der Waals surface area contributed by atoms with Gasteiger partial charge in [0, 0.05) is 23.9 Å². The number of piperidine rings is 1. The topological polar surface area (TPSA) is 88.0 Å². The molecule has 2 aromatic rings. The zero-order chi connectivity index (χ0) is 22.1. The molecule has 166 valence electrons. The fourth-order valence-electron chi connectivity index (χ4n) is 5.14. The Kier molecular flexibility index (Phi) is 6.10. The van der Waals surface area contributed by atoms with E-state index in [9.17, 15) is 15.0 Å². The van der Waals surface area contributed by atoms with Crippen LogP contribution in [0.3, 0.4) is 0 Å². The molecule has 6 nitrogen and oxygen atoms in total. The van der Waals surface area contributed by atoms with Crippen LogP contribution in [0.25, 0.3) is 0 Å². The lowest BCUT2D eigenvalue weighted by atomic mass is 9.64. The Morgan fingerprint density at radius 1 is 0.871 bits per heavy atom. The molecule has 6 heteroatoms. The third kappa shape index (κ3) is 4.09. The van der Waals surface area contributed by atoms with Crippen LogP contribution in [0.4, 0.5) is 0 Å². The van der Waals surface area contributed by atoms with Crippen molar-refractivity contribution in [1.82, 2.24) is 5.32 Å². The Balaban J connectivity index is 1.74. The molecular weight excluding hydrogens is 394 g/mol. The van der Waals surface area contributed by atoms with Crippen molar-refractivity contribution in [3.63, 3.8) is 0 Å². The van der Waals surface area contributed by atoms with Crippen molar-refractivity contribution < 1.29 is 24.5 Å². The standard InChI is InChI=1S/C25H31NO5/c1-4-30-21-12-15(6-8-19(21)27)23-17-10-14(3)11-18(25(17)29)24(26-23)16-7-9-20(28)22(13-16)31-5-2/h6-9,12-14,17-18,23-24,26-28H,4-5,10-11H2,1-3H3. The smallest absolute Gasteiger partial charge is 0.161 e. The van der Waals surface area contributed by atoms with Gasteiger partial charge in [0.1, 0.15) is 5.78 Å². The maximum atomic E-state index is 13.5. The summed E-state index contributed by atoms with van der Waals surface area (Å²) in [6.45, 7) is 6.86. The SMILES string of the molecule is CCOc1cc(C2NC(c3ccc(O)c(OCC)c3)C3CC(C)CC2C3=O)ccc1O. The monoisotopic (exact) mass is 425 g/mol. The van der Waals surface area contributed by atoms with Crippen LogP contribution in [-0.4, -0.2) is 29.2 Å². The van der Waals surface area contributed by atoms with Crippen LogP contribution in [0.2, 0.25) is 0 Å². The van der Waals surface area contributed by atoms with E-state index in [0.717, 1.165) is 24.0 Å². The van der Waals surface area contributed by atoms with Gasteiger partial charge < -0.3 is 25.0 Å². The highest BCUT2D eigenvalue weighted by atomic mass is 16.5. The number of ether oxygens (including phenoxy) is 2. The van der Waals surface area contributed by atoms with Gasteiger partial charge in [-0.25, -0.2) is 0 Å². The number of ketones is 1. The molecule has 2 bridgehead atoms. The van der Waals surface area contributed by atoms with Crippen molar-refractivity contribution in [3.8, 4) is 23.0 Å². The van der Waals surface area contributed by atoms with E-state index >= 15 is 0 Å². The molecule has 1 aliphatic heterocycles. The van der Waals surface area contributed by atoms with Crippen molar-refractivity contribution in [2.75, 3.05) is 13.2 Å². The minimum atomic E-state index is -0.180. The van der Waals surface area contributed by atoms with Crippen LogP contribution in [0.5, 0.6) is 23.0 Å². The zero-order valence-corrected chi connectivity index (χ0v) is 18.3. The van der Waals surface area contributed by atoms with Crippen molar-refractivity contribution in [1.29, 1.82) is 0 Å². The first-order valence-corrected chi connectivity index (χ1v) is 11.1. The summed E-state index contributed by atoms with van der Waals surface area (Å²) in [7, 11) is 0. The van der Waals surface area contributed by atoms with Gasteiger partial charge in [0.25, 0.3) is 0 Å². The molecule has 3 N–H and O–H groups in total. The summed E-state index contributed by atoms with van der Waals surface area (Å²) >= 11 is 0. The molecule has 1 aliphatic carbocycles. The maximum absolute atomic E-state index is 13.5. The van der Waals surface area contributed by atoms with E-state index < -0.39 is 0 Å². The number of carbonyl (C=O) groups excluding carboxylic acids is 1. The lowest BCUT2D eigenvalue weighted by Gasteiger charge is -2.47. The van der Waals surface area contributed by atoms with Gasteiger partial charge in [-0.1, -0.05) is 19.1 Å². The molecule has 2 fully saturated rings. The first kappa shape index (κ1) is 21.5. The molecule has 31 heavy (non-hydrogen) atoms. The molecular formula is C25H31NO5. The number of hydrogen-bond acceptors (Lipinski definition) is 6. The van der Waals surface area contributed by atoms with Crippen molar-refractivity contribution >= 4 is 5.78 Å². The van der Waals surface area contributed by atoms with E-state index in [4.69, 9.17) is 9.47 Å². The summed E-state index contributed by atoms with van der Waals surface area (Å²) in [4.78, 5) is 13.5. The Morgan fingerprint density at radius 2 is 1.32 bits per heavy atom. The molecule has 4 unspecified atom stereocenters. The highest BCUT2D eigenvalue weighted by Gasteiger charge is 2.48. The van der Waals surface area contributed by atoms with Crippen LogP contribution >= 0.6 is 0 Å². The van der Waals surface area contributed by atoms with Crippen LogP contribution in [-0.2, 0) is 4.79 Å². The largest absolute Gasteiger partial charge is 0.504 e. The number of nitrogens with one attached hydrogen (secondary N) is 1. The quantitative estimate of drug-likeness (QED) is 0.631. The molecule has 4 atom stereocenters. The highest BCUT2D eigenvalue weighted by molar-refractivity contribution is 5.87. The molecule has 1 saturated carbocycles. The Bertz CT molecular complexity index is 885. The lowest BCUT2D eigenvalue weighted by molar-refractivity contribution is -0.136. The fraction of sp³-hybridized carbons (Fsp3) is 0.480. The maximum Gasteiger partial charge on any atom is 0.161 e. The highest BCUT2D eigenvalue weighted by Crippen LogP contribution is 2.49. The molecule has 0 amide bonds. The number of phenolic OH excluding ortho intramolecular Hbond substituents is 2. The number of rotatable bonds is 6. The van der Waals surface area contributed by atoms with Gasteiger partial charge in [-0.3, -0.25) is 4.79 Å². The van der Waals surface area contributed by atoms with Gasteiger partial charge in [-0.2, -0.15) is 0 Å². The summed E-state index contributed by atoms with van der Waals surface area (Å²) in [6.07, 6.45) is 1.68. The van der Waals surface area contributed by atoms with E-state index in [1.54, 1.807) is 12.1 Å². The van der Waals surface area contributed by atoms with Crippen LogP contribution < -0.4 is 14.8 Å². The molecule has 4 rings (SSSR count). The number of fused-ring (bicyclic) bond motifs is 2. The van der Waals surface area contributed by atoms with Crippen molar-refractivity contribution in [2.24, 2.45) is 17.8 Å². The molecule has 1 saturated heterocycles. The number of phenols is 2. The van der Waals surface area contributed by atoms with Crippen molar-refractivity contribution in [3.05, 3.63) is 47.5 Å². The van der Waals surface area contributed by atoms with Crippen molar-refractivity contribution in [2.45, 2.75) is 45.7 Å². The van der Waals surface area contributed by atoms with E-state index in [2.05, 4.69) is 12.2 Å². The van der Waals surface area contributed by atoms with Gasteiger partial charge in [-0.05, 0) is 68.0 Å². The van der Waals surface area contributed by atoms with Gasteiger partial charge in [0.15, 0.2) is 23.0 Å². The van der Waals surface area contributed by atoms with E-state index in [1.807, 2.05) is 38.1 Å². The average Bonchev–Trinajstić information content (AvgIpc) is 2.73. The molecule has 0 spiro atoms. The first-order chi connectivity index (χ1) is 14.9. The molecule has 0 radical (unpaired) electrons. The minimum absolute atomic E-state index is 0.0964. The van der Waals surface area contributed by atoms with Gasteiger partial charge in [0.05, 0.1) is 13.2 Å². The summed E-state index contributed by atoms with van der Waals surface area (Å²) < 4.78 is 11.2. The number of Topliss-reactive ketones (excluding diaryl/α,β-unsaturated/α-hetero) is 1. The minimum Gasteiger partial charge on any atom is -0.504 e. The summed E-state index contributed by atoms with van der Waals surface area (Å²) in [5, 5.41) is 24.0. The van der Waals surface area contributed by atoms with Gasteiger partial charge >= 0.3 is 0 Å². The summed E-state index contributed by atoms with van der Waals surface area (Å²) in [5.41, 5.74) is 1.86. The van der Waals surface area contributed by atoms with Crippen LogP contribution in [0.1, 0.15) is 56.8 Å². The Labute approximate surface area is 183 Å². The molecule has 2 aliphatic rings. The Morgan fingerprint density at radius 3 is 1.74 bits per heavy atom. The number of carbonyl (C=O) groups is 1. The average molecular weight is 426 g/mol.